The smallest absolute Gasteiger partial charge is 0.331 e. The van der Waals surface area contributed by atoms with Crippen LogP contribution < -0.4 is 5.32 Å². The number of hydrogen-bond donors (Lipinski definition) is 1. The maximum atomic E-state index is 12.3. The number of amides is 1. The van der Waals surface area contributed by atoms with Crippen molar-refractivity contribution in [2.24, 2.45) is 0 Å². The number of ether oxygens (including phenoxy) is 1. The van der Waals surface area contributed by atoms with E-state index in [9.17, 15) is 9.59 Å². The number of pyridine rings is 1. The first-order valence-corrected chi connectivity index (χ1v) is 9.67. The minimum absolute atomic E-state index is 0.216. The molecule has 3 rings (SSSR count). The Morgan fingerprint density at radius 2 is 1.76 bits per heavy atom. The molecule has 0 saturated carbocycles. The molecule has 148 valence electrons. The highest BCUT2D eigenvalue weighted by molar-refractivity contribution is 6.44. The van der Waals surface area contributed by atoms with Crippen molar-refractivity contribution in [2.75, 3.05) is 5.32 Å². The normalized spacial score (nSPS) is 12.1. The van der Waals surface area contributed by atoms with Gasteiger partial charge in [0.1, 0.15) is 0 Å². The first kappa shape index (κ1) is 21.1. The predicted molar refractivity (Wildman–Crippen MR) is 116 cm³/mol. The molecular weight excluding hydrogens is 435 g/mol. The van der Waals surface area contributed by atoms with Gasteiger partial charge in [-0.1, -0.05) is 59.1 Å². The highest BCUT2D eigenvalue weighted by Crippen LogP contribution is 2.32. The zero-order valence-corrected chi connectivity index (χ0v) is 17.4. The van der Waals surface area contributed by atoms with Crippen LogP contribution in [-0.4, -0.2) is 23.0 Å². The van der Waals surface area contributed by atoms with Gasteiger partial charge in [0, 0.05) is 11.5 Å². The molecule has 0 saturated heterocycles. The van der Waals surface area contributed by atoms with Crippen molar-refractivity contribution >= 4 is 69.3 Å². The van der Waals surface area contributed by atoms with E-state index in [-0.39, 0.29) is 20.8 Å². The Kier molecular flexibility index (Phi) is 6.75. The molecule has 29 heavy (non-hydrogen) atoms. The van der Waals surface area contributed by atoms with Gasteiger partial charge < -0.3 is 10.1 Å². The summed E-state index contributed by atoms with van der Waals surface area (Å²) < 4.78 is 5.12. The molecule has 2 aromatic carbocycles. The molecule has 1 N–H and O–H groups in total. The van der Waals surface area contributed by atoms with Gasteiger partial charge in [-0.3, -0.25) is 4.79 Å². The molecule has 1 amide bonds. The lowest BCUT2D eigenvalue weighted by atomic mass is 10.2. The fraction of sp³-hybridized carbons (Fsp3) is 0.0952. The predicted octanol–water partition coefficient (Wildman–Crippen LogP) is 5.78. The molecule has 0 radical (unpaired) electrons. The van der Waals surface area contributed by atoms with E-state index in [1.807, 2.05) is 30.3 Å². The van der Waals surface area contributed by atoms with Crippen LogP contribution in [0.5, 0.6) is 0 Å². The number of nitrogens with one attached hydrogen (secondary N) is 1. The average molecular weight is 450 g/mol. The van der Waals surface area contributed by atoms with Crippen LogP contribution in [0, 0.1) is 0 Å². The summed E-state index contributed by atoms with van der Waals surface area (Å²) in [5.41, 5.74) is 1.68. The molecule has 0 bridgehead atoms. The van der Waals surface area contributed by atoms with Crippen LogP contribution in [0.3, 0.4) is 0 Å². The Balaban J connectivity index is 1.61. The minimum atomic E-state index is -1.05. The number of anilines is 1. The summed E-state index contributed by atoms with van der Waals surface area (Å²) >= 11 is 17.8. The van der Waals surface area contributed by atoms with Gasteiger partial charge in [-0.15, -0.1) is 0 Å². The SMILES string of the molecule is CC(OC(=O)/C=C/c1ccc2ccccc2n1)C(=O)Nc1cc(Cl)c(Cl)cc1Cl. The van der Waals surface area contributed by atoms with Crippen LogP contribution >= 0.6 is 34.8 Å². The lowest BCUT2D eigenvalue weighted by Crippen LogP contribution is -2.29. The van der Waals surface area contributed by atoms with E-state index in [0.717, 1.165) is 10.9 Å². The monoisotopic (exact) mass is 448 g/mol. The Hall–Kier alpha value is -2.60. The fourth-order valence-electron chi connectivity index (χ4n) is 2.45. The van der Waals surface area contributed by atoms with Crippen LogP contribution in [0.1, 0.15) is 12.6 Å². The van der Waals surface area contributed by atoms with E-state index < -0.39 is 18.0 Å². The largest absolute Gasteiger partial charge is 0.449 e. The Morgan fingerprint density at radius 1 is 1.03 bits per heavy atom. The molecule has 0 fully saturated rings. The van der Waals surface area contributed by atoms with E-state index >= 15 is 0 Å². The fourth-order valence-corrected chi connectivity index (χ4v) is 3.04. The quantitative estimate of drug-likeness (QED) is 0.305. The van der Waals surface area contributed by atoms with Crippen LogP contribution in [0.4, 0.5) is 5.69 Å². The van der Waals surface area contributed by atoms with Gasteiger partial charge in [0.15, 0.2) is 6.10 Å². The summed E-state index contributed by atoms with van der Waals surface area (Å²) in [6, 6.07) is 14.2. The van der Waals surface area contributed by atoms with E-state index in [1.165, 1.54) is 31.2 Å². The number of carbonyl (C=O) groups excluding carboxylic acids is 2. The van der Waals surface area contributed by atoms with E-state index in [0.29, 0.717) is 5.69 Å². The van der Waals surface area contributed by atoms with Crippen LogP contribution in [0.2, 0.25) is 15.1 Å². The Bertz CT molecular complexity index is 1120. The number of hydrogen-bond acceptors (Lipinski definition) is 4. The van der Waals surface area contributed by atoms with Crippen LogP contribution in [0.25, 0.3) is 17.0 Å². The molecule has 0 aliphatic heterocycles. The zero-order valence-electron chi connectivity index (χ0n) is 15.2. The van der Waals surface area contributed by atoms with Crippen LogP contribution in [0.15, 0.2) is 54.6 Å². The molecule has 1 aromatic heterocycles. The molecule has 3 aromatic rings. The zero-order chi connectivity index (χ0) is 21.0. The van der Waals surface area contributed by atoms with Crippen molar-refractivity contribution in [3.05, 3.63) is 75.4 Å². The van der Waals surface area contributed by atoms with Crippen molar-refractivity contribution in [1.82, 2.24) is 4.98 Å². The number of aromatic nitrogens is 1. The number of carbonyl (C=O) groups is 2. The number of nitrogens with zero attached hydrogens (tertiary/aromatic N) is 1. The van der Waals surface area contributed by atoms with Gasteiger partial charge in [-0.25, -0.2) is 9.78 Å². The van der Waals surface area contributed by atoms with Crippen molar-refractivity contribution in [1.29, 1.82) is 0 Å². The molecule has 8 heteroatoms. The van der Waals surface area contributed by atoms with Crippen molar-refractivity contribution in [3.63, 3.8) is 0 Å². The standard InChI is InChI=1S/C21H15Cl3N2O3/c1-12(21(28)26-19-11-16(23)15(22)10-17(19)24)29-20(27)9-8-14-7-6-13-4-2-3-5-18(13)25-14/h2-12H,1H3,(H,26,28)/b9-8+. The topological polar surface area (TPSA) is 68.3 Å². The molecule has 0 spiro atoms. The number of rotatable bonds is 5. The summed E-state index contributed by atoms with van der Waals surface area (Å²) in [7, 11) is 0. The van der Waals surface area contributed by atoms with E-state index in [1.54, 1.807) is 6.07 Å². The summed E-state index contributed by atoms with van der Waals surface area (Å²) in [5.74, 6) is -1.24. The lowest BCUT2D eigenvalue weighted by Gasteiger charge is -2.13. The second kappa shape index (κ2) is 9.27. The number of halogens is 3. The first-order valence-electron chi connectivity index (χ1n) is 8.53. The lowest BCUT2D eigenvalue weighted by molar-refractivity contribution is -0.148. The van der Waals surface area contributed by atoms with Crippen LogP contribution in [-0.2, 0) is 14.3 Å². The maximum Gasteiger partial charge on any atom is 0.331 e. The number of benzene rings is 2. The molecule has 0 aliphatic carbocycles. The van der Waals surface area contributed by atoms with Crippen molar-refractivity contribution in [3.8, 4) is 0 Å². The van der Waals surface area contributed by atoms with E-state index in [2.05, 4.69) is 10.3 Å². The van der Waals surface area contributed by atoms with Gasteiger partial charge in [0.25, 0.3) is 5.91 Å². The average Bonchev–Trinajstić information content (AvgIpc) is 2.70. The molecule has 5 nitrogen and oxygen atoms in total. The molecule has 1 atom stereocenters. The van der Waals surface area contributed by atoms with Crippen molar-refractivity contribution < 1.29 is 14.3 Å². The Morgan fingerprint density at radius 3 is 2.55 bits per heavy atom. The maximum absolute atomic E-state index is 12.3. The second-order valence-electron chi connectivity index (χ2n) is 6.08. The van der Waals surface area contributed by atoms with E-state index in [4.69, 9.17) is 39.5 Å². The summed E-state index contributed by atoms with van der Waals surface area (Å²) in [5, 5.41) is 4.27. The van der Waals surface area contributed by atoms with Gasteiger partial charge >= 0.3 is 5.97 Å². The highest BCUT2D eigenvalue weighted by atomic mass is 35.5. The third kappa shape index (κ3) is 5.48. The summed E-state index contributed by atoms with van der Waals surface area (Å²) in [6.45, 7) is 1.45. The summed E-state index contributed by atoms with van der Waals surface area (Å²) in [6.07, 6.45) is 1.68. The van der Waals surface area contributed by atoms with Gasteiger partial charge in [-0.2, -0.15) is 0 Å². The number of para-hydroxylation sites is 1. The number of fused-ring (bicyclic) bond motifs is 1. The molecule has 0 aliphatic rings. The van der Waals surface area contributed by atoms with Crippen molar-refractivity contribution in [2.45, 2.75) is 13.0 Å². The third-order valence-electron chi connectivity index (χ3n) is 3.94. The highest BCUT2D eigenvalue weighted by Gasteiger charge is 2.18. The first-order chi connectivity index (χ1) is 13.8. The van der Waals surface area contributed by atoms with Gasteiger partial charge in [0.2, 0.25) is 0 Å². The molecule has 1 unspecified atom stereocenters. The van der Waals surface area contributed by atoms with Gasteiger partial charge in [-0.05, 0) is 37.3 Å². The Labute approximate surface area is 182 Å². The van der Waals surface area contributed by atoms with Gasteiger partial charge in [0.05, 0.1) is 32.0 Å². The second-order valence-corrected chi connectivity index (χ2v) is 7.30. The number of esters is 1. The third-order valence-corrected chi connectivity index (χ3v) is 4.97. The summed E-state index contributed by atoms with van der Waals surface area (Å²) in [4.78, 5) is 28.7. The molecule has 1 heterocycles. The minimum Gasteiger partial charge on any atom is -0.449 e. The molecular formula is C21H15Cl3N2O3.